The molecule has 0 aromatic heterocycles. The Morgan fingerprint density at radius 1 is 1.30 bits per heavy atom. The van der Waals surface area contributed by atoms with Crippen LogP contribution in [0.5, 0.6) is 0 Å². The minimum absolute atomic E-state index is 1.21. The minimum Gasteiger partial charge on any atom is -0.0651 e. The third-order valence-corrected chi connectivity index (χ3v) is 2.53. The smallest absolute Gasteiger partial charge is 0.0162 e. The maximum atomic E-state index is 2.38. The van der Waals surface area contributed by atoms with Crippen LogP contribution in [-0.4, -0.2) is 0 Å². The number of hydrogen-bond donors (Lipinski definition) is 0. The van der Waals surface area contributed by atoms with E-state index in [0.29, 0.717) is 0 Å². The van der Waals surface area contributed by atoms with Crippen LogP contribution in [0, 0.1) is 3.57 Å². The van der Waals surface area contributed by atoms with Crippen molar-refractivity contribution in [3.05, 3.63) is 33.4 Å². The lowest BCUT2D eigenvalue weighted by Crippen LogP contribution is -1.85. The second-order valence-corrected chi connectivity index (χ2v) is 3.50. The predicted octanol–water partition coefficient (Wildman–Crippen LogP) is 3.24. The van der Waals surface area contributed by atoms with E-state index in [1.807, 2.05) is 0 Å². The van der Waals surface area contributed by atoms with Gasteiger partial charge in [0.15, 0.2) is 0 Å². The highest BCUT2D eigenvalue weighted by Crippen LogP contribution is 2.12. The SMILES string of the molecule is CCCc1ccccc1I. The van der Waals surface area contributed by atoms with Crippen LogP contribution in [0.3, 0.4) is 0 Å². The fourth-order valence-electron chi connectivity index (χ4n) is 0.970. The Hall–Kier alpha value is -0.0500. The van der Waals surface area contributed by atoms with E-state index in [1.165, 1.54) is 22.0 Å². The van der Waals surface area contributed by atoms with Crippen molar-refractivity contribution in [3.63, 3.8) is 0 Å². The van der Waals surface area contributed by atoms with Gasteiger partial charge in [-0.15, -0.1) is 0 Å². The molecule has 0 saturated heterocycles. The number of hydrogen-bond acceptors (Lipinski definition) is 0. The van der Waals surface area contributed by atoms with Gasteiger partial charge in [0.05, 0.1) is 0 Å². The van der Waals surface area contributed by atoms with Crippen molar-refractivity contribution < 1.29 is 0 Å². The molecule has 1 heteroatoms. The standard InChI is InChI=1S/C9H11I/c1-2-5-8-6-3-4-7-9(8)10/h3-4,6-7H,2,5H2,1H3. The van der Waals surface area contributed by atoms with Crippen molar-refractivity contribution in [2.45, 2.75) is 19.8 Å². The van der Waals surface area contributed by atoms with Gasteiger partial charge in [0.2, 0.25) is 0 Å². The highest BCUT2D eigenvalue weighted by atomic mass is 127. The first-order valence-electron chi connectivity index (χ1n) is 3.58. The monoisotopic (exact) mass is 246 g/mol. The van der Waals surface area contributed by atoms with E-state index >= 15 is 0 Å². The molecule has 0 nitrogen and oxygen atoms in total. The summed E-state index contributed by atoms with van der Waals surface area (Å²) < 4.78 is 1.39. The van der Waals surface area contributed by atoms with Gasteiger partial charge in [-0.05, 0) is 40.6 Å². The summed E-state index contributed by atoms with van der Waals surface area (Å²) in [5, 5.41) is 0. The van der Waals surface area contributed by atoms with E-state index in [-0.39, 0.29) is 0 Å². The Balaban J connectivity index is 2.81. The summed E-state index contributed by atoms with van der Waals surface area (Å²) in [5.74, 6) is 0. The van der Waals surface area contributed by atoms with Crippen LogP contribution < -0.4 is 0 Å². The zero-order valence-electron chi connectivity index (χ0n) is 6.10. The van der Waals surface area contributed by atoms with Crippen molar-refractivity contribution >= 4 is 22.6 Å². The fraction of sp³-hybridized carbons (Fsp3) is 0.333. The second kappa shape index (κ2) is 3.96. The molecule has 0 bridgehead atoms. The lowest BCUT2D eigenvalue weighted by molar-refractivity contribution is 0.916. The minimum atomic E-state index is 1.21. The highest BCUT2D eigenvalue weighted by Gasteiger charge is 1.93. The third-order valence-electron chi connectivity index (χ3n) is 1.48. The normalized spacial score (nSPS) is 9.80. The van der Waals surface area contributed by atoms with Crippen LogP contribution in [-0.2, 0) is 6.42 Å². The summed E-state index contributed by atoms with van der Waals surface area (Å²) >= 11 is 2.38. The van der Waals surface area contributed by atoms with Crippen molar-refractivity contribution in [1.82, 2.24) is 0 Å². The zero-order chi connectivity index (χ0) is 7.40. The van der Waals surface area contributed by atoms with Gasteiger partial charge < -0.3 is 0 Å². The maximum absolute atomic E-state index is 2.38. The Labute approximate surface area is 75.8 Å². The largest absolute Gasteiger partial charge is 0.0651 e. The van der Waals surface area contributed by atoms with Gasteiger partial charge in [-0.2, -0.15) is 0 Å². The zero-order valence-corrected chi connectivity index (χ0v) is 8.26. The van der Waals surface area contributed by atoms with E-state index in [9.17, 15) is 0 Å². The van der Waals surface area contributed by atoms with E-state index in [2.05, 4.69) is 53.8 Å². The Kier molecular flexibility index (Phi) is 3.19. The molecular formula is C9H11I. The molecule has 0 spiro atoms. The van der Waals surface area contributed by atoms with E-state index in [4.69, 9.17) is 0 Å². The van der Waals surface area contributed by atoms with Gasteiger partial charge in [-0.25, -0.2) is 0 Å². The molecule has 0 aliphatic carbocycles. The van der Waals surface area contributed by atoms with Crippen LogP contribution in [0.2, 0.25) is 0 Å². The number of aryl methyl sites for hydroxylation is 1. The average Bonchev–Trinajstić information content (AvgIpc) is 1.94. The molecule has 0 radical (unpaired) electrons. The Bertz CT molecular complexity index is 206. The van der Waals surface area contributed by atoms with Crippen LogP contribution in [0.25, 0.3) is 0 Å². The maximum Gasteiger partial charge on any atom is 0.0162 e. The molecule has 1 aromatic carbocycles. The van der Waals surface area contributed by atoms with Gasteiger partial charge in [0, 0.05) is 3.57 Å². The summed E-state index contributed by atoms with van der Waals surface area (Å²) in [5.41, 5.74) is 1.48. The van der Waals surface area contributed by atoms with Gasteiger partial charge in [-0.3, -0.25) is 0 Å². The average molecular weight is 246 g/mol. The summed E-state index contributed by atoms with van der Waals surface area (Å²) in [7, 11) is 0. The van der Waals surface area contributed by atoms with E-state index in [0.717, 1.165) is 0 Å². The highest BCUT2D eigenvalue weighted by molar-refractivity contribution is 14.1. The summed E-state index contributed by atoms with van der Waals surface area (Å²) in [6.07, 6.45) is 2.44. The molecule has 1 aromatic rings. The molecule has 0 aliphatic rings. The molecule has 0 unspecified atom stereocenters. The van der Waals surface area contributed by atoms with E-state index in [1.54, 1.807) is 0 Å². The fourth-order valence-corrected chi connectivity index (χ4v) is 1.63. The number of rotatable bonds is 2. The van der Waals surface area contributed by atoms with Crippen LogP contribution in [0.4, 0.5) is 0 Å². The summed E-state index contributed by atoms with van der Waals surface area (Å²) in [4.78, 5) is 0. The Morgan fingerprint density at radius 3 is 2.60 bits per heavy atom. The van der Waals surface area contributed by atoms with E-state index < -0.39 is 0 Å². The molecule has 0 aliphatic heterocycles. The first-order valence-corrected chi connectivity index (χ1v) is 4.66. The molecule has 0 fully saturated rings. The molecule has 1 rings (SSSR count). The first-order chi connectivity index (χ1) is 4.84. The molecule has 0 amide bonds. The lowest BCUT2D eigenvalue weighted by atomic mass is 10.1. The topological polar surface area (TPSA) is 0 Å². The Morgan fingerprint density at radius 2 is 2.00 bits per heavy atom. The van der Waals surface area contributed by atoms with Crippen LogP contribution >= 0.6 is 22.6 Å². The molecule has 54 valence electrons. The molecule has 0 saturated carbocycles. The van der Waals surface area contributed by atoms with Gasteiger partial charge in [0.1, 0.15) is 0 Å². The van der Waals surface area contributed by atoms with Crippen molar-refractivity contribution in [2.75, 3.05) is 0 Å². The molecule has 0 atom stereocenters. The van der Waals surface area contributed by atoms with Crippen molar-refractivity contribution in [1.29, 1.82) is 0 Å². The van der Waals surface area contributed by atoms with Gasteiger partial charge in [0.25, 0.3) is 0 Å². The lowest BCUT2D eigenvalue weighted by Gasteiger charge is -1.99. The number of benzene rings is 1. The van der Waals surface area contributed by atoms with Crippen LogP contribution in [0.15, 0.2) is 24.3 Å². The van der Waals surface area contributed by atoms with Gasteiger partial charge in [-0.1, -0.05) is 31.5 Å². The van der Waals surface area contributed by atoms with Crippen molar-refractivity contribution in [2.24, 2.45) is 0 Å². The summed E-state index contributed by atoms with van der Waals surface area (Å²) in [6, 6.07) is 8.55. The quantitative estimate of drug-likeness (QED) is 0.702. The molecular weight excluding hydrogens is 235 g/mol. The third kappa shape index (κ3) is 1.97. The second-order valence-electron chi connectivity index (χ2n) is 2.34. The molecule has 10 heavy (non-hydrogen) atoms. The summed E-state index contributed by atoms with van der Waals surface area (Å²) in [6.45, 7) is 2.21. The first kappa shape index (κ1) is 8.05. The molecule has 0 heterocycles. The molecule has 0 N–H and O–H groups in total. The van der Waals surface area contributed by atoms with Crippen LogP contribution in [0.1, 0.15) is 18.9 Å². The predicted molar refractivity (Wildman–Crippen MR) is 53.2 cm³/mol. The number of halogens is 1. The van der Waals surface area contributed by atoms with Crippen molar-refractivity contribution in [3.8, 4) is 0 Å². The van der Waals surface area contributed by atoms with Gasteiger partial charge >= 0.3 is 0 Å².